The number of benzene rings is 2. The number of ether oxygens (including phenoxy) is 3. The minimum Gasteiger partial charge on any atom is -0.493 e. The average molecular weight is 450 g/mol. The molecule has 6 nitrogen and oxygen atoms in total. The third-order valence-corrected chi connectivity index (χ3v) is 6.35. The van der Waals surface area contributed by atoms with Crippen molar-refractivity contribution >= 4 is 17.4 Å². The van der Waals surface area contributed by atoms with Gasteiger partial charge in [0.2, 0.25) is 17.4 Å². The standard InChI is InChI=1S/C27H31NO5/c1-4-19-7-9-20(10-8-19)33-25-15-32-24-14-21(11-12-22(24)27(25)30)31-16-26(29)28-23-13-17(2)5-6-18(23)3/h5-10,13,15,21-22,24H,4,11-12,14,16H2,1-3H3,(H,28,29). The molecule has 4 rings (SSSR count). The SMILES string of the molecule is CCc1ccc(OC2=COC3CC(OCC(=O)Nc4cc(C)ccc4C)CCC3C2=O)cc1. The van der Waals surface area contributed by atoms with E-state index < -0.39 is 0 Å². The largest absolute Gasteiger partial charge is 0.493 e. The number of ketones is 1. The first-order valence-corrected chi connectivity index (χ1v) is 11.6. The maximum absolute atomic E-state index is 12.9. The molecule has 0 bridgehead atoms. The highest BCUT2D eigenvalue weighted by atomic mass is 16.5. The summed E-state index contributed by atoms with van der Waals surface area (Å²) in [7, 11) is 0. The van der Waals surface area contributed by atoms with Crippen LogP contribution in [0.2, 0.25) is 0 Å². The Bertz CT molecular complexity index is 1040. The second-order valence-electron chi connectivity index (χ2n) is 8.84. The summed E-state index contributed by atoms with van der Waals surface area (Å²) in [5, 5.41) is 2.91. The topological polar surface area (TPSA) is 73.9 Å². The number of allylic oxidation sites excluding steroid dienone is 1. The van der Waals surface area contributed by atoms with E-state index in [-0.39, 0.29) is 42.2 Å². The molecule has 174 valence electrons. The van der Waals surface area contributed by atoms with E-state index in [1.54, 1.807) is 0 Å². The molecule has 0 spiro atoms. The summed E-state index contributed by atoms with van der Waals surface area (Å²) < 4.78 is 17.5. The van der Waals surface area contributed by atoms with Crippen LogP contribution in [-0.4, -0.2) is 30.5 Å². The van der Waals surface area contributed by atoms with Crippen molar-refractivity contribution in [2.45, 2.75) is 58.7 Å². The molecule has 0 aromatic heterocycles. The number of amides is 1. The van der Waals surface area contributed by atoms with E-state index in [9.17, 15) is 9.59 Å². The third kappa shape index (κ3) is 5.63. The van der Waals surface area contributed by atoms with Crippen LogP contribution < -0.4 is 10.1 Å². The first kappa shape index (κ1) is 23.1. The van der Waals surface area contributed by atoms with Crippen molar-refractivity contribution in [1.82, 2.24) is 0 Å². The fraction of sp³-hybridized carbons (Fsp3) is 0.407. The Morgan fingerprint density at radius 1 is 1.12 bits per heavy atom. The van der Waals surface area contributed by atoms with Gasteiger partial charge in [-0.1, -0.05) is 31.2 Å². The third-order valence-electron chi connectivity index (χ3n) is 6.35. The maximum atomic E-state index is 12.9. The van der Waals surface area contributed by atoms with Gasteiger partial charge >= 0.3 is 0 Å². The van der Waals surface area contributed by atoms with Crippen LogP contribution in [0.25, 0.3) is 0 Å². The van der Waals surface area contributed by atoms with Crippen LogP contribution >= 0.6 is 0 Å². The zero-order chi connectivity index (χ0) is 23.4. The van der Waals surface area contributed by atoms with Gasteiger partial charge in [0.25, 0.3) is 0 Å². The van der Waals surface area contributed by atoms with Crippen LogP contribution in [0, 0.1) is 19.8 Å². The second-order valence-corrected chi connectivity index (χ2v) is 8.84. The van der Waals surface area contributed by atoms with Gasteiger partial charge in [0, 0.05) is 12.1 Å². The van der Waals surface area contributed by atoms with E-state index in [1.165, 1.54) is 11.8 Å². The lowest BCUT2D eigenvalue weighted by molar-refractivity contribution is -0.136. The number of Topliss-reactive ketones (excluding diaryl/α,β-unsaturated/α-hetero) is 1. The number of hydrogen-bond donors (Lipinski definition) is 1. The summed E-state index contributed by atoms with van der Waals surface area (Å²) in [6, 6.07) is 13.7. The Kier molecular flexibility index (Phi) is 7.14. The Labute approximate surface area is 194 Å². The van der Waals surface area contributed by atoms with E-state index in [0.29, 0.717) is 25.0 Å². The van der Waals surface area contributed by atoms with Gasteiger partial charge in [-0.05, 0) is 68.0 Å². The molecule has 0 radical (unpaired) electrons. The molecule has 1 N–H and O–H groups in total. The summed E-state index contributed by atoms with van der Waals surface area (Å²) >= 11 is 0. The molecule has 3 unspecified atom stereocenters. The smallest absolute Gasteiger partial charge is 0.250 e. The normalized spacial score (nSPS) is 22.1. The Morgan fingerprint density at radius 3 is 2.67 bits per heavy atom. The predicted octanol–water partition coefficient (Wildman–Crippen LogP) is 4.88. The van der Waals surface area contributed by atoms with Gasteiger partial charge in [0.1, 0.15) is 24.7 Å². The zero-order valence-corrected chi connectivity index (χ0v) is 19.4. The van der Waals surface area contributed by atoms with Gasteiger partial charge in [-0.25, -0.2) is 0 Å². The van der Waals surface area contributed by atoms with Crippen LogP contribution in [0.4, 0.5) is 5.69 Å². The van der Waals surface area contributed by atoms with E-state index in [1.807, 2.05) is 56.3 Å². The molecule has 2 aliphatic rings. The fourth-order valence-corrected chi connectivity index (χ4v) is 4.33. The van der Waals surface area contributed by atoms with Crippen LogP contribution in [0.1, 0.15) is 42.9 Å². The lowest BCUT2D eigenvalue weighted by atomic mass is 9.80. The molecule has 3 atom stereocenters. The van der Waals surface area contributed by atoms with Crippen LogP contribution in [0.15, 0.2) is 54.5 Å². The molecule has 1 fully saturated rings. The van der Waals surface area contributed by atoms with Gasteiger partial charge in [-0.15, -0.1) is 0 Å². The molecule has 1 aliphatic carbocycles. The molecule has 33 heavy (non-hydrogen) atoms. The zero-order valence-electron chi connectivity index (χ0n) is 19.4. The first-order chi connectivity index (χ1) is 15.9. The molecule has 0 saturated heterocycles. The van der Waals surface area contributed by atoms with E-state index in [0.717, 1.165) is 23.2 Å². The molecule has 1 aliphatic heterocycles. The second kappa shape index (κ2) is 10.2. The van der Waals surface area contributed by atoms with E-state index >= 15 is 0 Å². The Morgan fingerprint density at radius 2 is 1.91 bits per heavy atom. The maximum Gasteiger partial charge on any atom is 0.250 e. The molecule has 1 amide bonds. The predicted molar refractivity (Wildman–Crippen MR) is 126 cm³/mol. The van der Waals surface area contributed by atoms with Gasteiger partial charge in [0.05, 0.1) is 12.0 Å². The highest BCUT2D eigenvalue weighted by molar-refractivity contribution is 5.96. The highest BCUT2D eigenvalue weighted by Gasteiger charge is 2.41. The Balaban J connectivity index is 1.28. The number of fused-ring (bicyclic) bond motifs is 1. The van der Waals surface area contributed by atoms with Crippen molar-refractivity contribution in [2.24, 2.45) is 5.92 Å². The molecule has 1 heterocycles. The van der Waals surface area contributed by atoms with Crippen LogP contribution in [-0.2, 0) is 25.5 Å². The summed E-state index contributed by atoms with van der Waals surface area (Å²) in [5.74, 6) is 0.408. The van der Waals surface area contributed by atoms with Crippen molar-refractivity contribution in [1.29, 1.82) is 0 Å². The molecule has 6 heteroatoms. The molecular formula is C27H31NO5. The highest BCUT2D eigenvalue weighted by Crippen LogP contribution is 2.35. The summed E-state index contributed by atoms with van der Waals surface area (Å²) in [5.41, 5.74) is 4.11. The van der Waals surface area contributed by atoms with Gasteiger partial charge < -0.3 is 19.5 Å². The van der Waals surface area contributed by atoms with E-state index in [2.05, 4.69) is 12.2 Å². The van der Waals surface area contributed by atoms with E-state index in [4.69, 9.17) is 14.2 Å². The fourth-order valence-electron chi connectivity index (χ4n) is 4.33. The lowest BCUT2D eigenvalue weighted by Crippen LogP contribution is -2.43. The van der Waals surface area contributed by atoms with Crippen molar-refractivity contribution in [3.8, 4) is 5.75 Å². The number of carbonyl (C=O) groups is 2. The number of rotatable bonds is 7. The number of anilines is 1. The van der Waals surface area contributed by atoms with Crippen molar-refractivity contribution in [3.05, 3.63) is 71.2 Å². The number of aryl methyl sites for hydroxylation is 3. The minimum absolute atomic E-state index is 0.0265. The van der Waals surface area contributed by atoms with Crippen molar-refractivity contribution in [3.63, 3.8) is 0 Å². The van der Waals surface area contributed by atoms with Gasteiger partial charge in [-0.2, -0.15) is 0 Å². The Hall–Kier alpha value is -3.12. The summed E-state index contributed by atoms with van der Waals surface area (Å²) in [6.45, 7) is 6.01. The average Bonchev–Trinajstić information content (AvgIpc) is 2.82. The van der Waals surface area contributed by atoms with Crippen LogP contribution in [0.5, 0.6) is 5.75 Å². The van der Waals surface area contributed by atoms with Crippen molar-refractivity contribution in [2.75, 3.05) is 11.9 Å². The monoisotopic (exact) mass is 449 g/mol. The molecular weight excluding hydrogens is 418 g/mol. The quantitative estimate of drug-likeness (QED) is 0.652. The van der Waals surface area contributed by atoms with Crippen LogP contribution in [0.3, 0.4) is 0 Å². The number of hydrogen-bond acceptors (Lipinski definition) is 5. The first-order valence-electron chi connectivity index (χ1n) is 11.6. The lowest BCUT2D eigenvalue weighted by Gasteiger charge is -2.37. The van der Waals surface area contributed by atoms with Gasteiger partial charge in [-0.3, -0.25) is 9.59 Å². The number of nitrogens with one attached hydrogen (secondary N) is 1. The molecule has 2 aromatic rings. The summed E-state index contributed by atoms with van der Waals surface area (Å²) in [6.07, 6.45) is 3.91. The molecule has 1 saturated carbocycles. The van der Waals surface area contributed by atoms with Crippen molar-refractivity contribution < 1.29 is 23.8 Å². The number of carbonyl (C=O) groups excluding carboxylic acids is 2. The molecule has 2 aromatic carbocycles. The van der Waals surface area contributed by atoms with Gasteiger partial charge in [0.15, 0.2) is 0 Å². The minimum atomic E-state index is -0.256. The summed E-state index contributed by atoms with van der Waals surface area (Å²) in [4.78, 5) is 25.3.